The molecule has 0 aliphatic carbocycles. The Labute approximate surface area is 118 Å². The molecule has 0 saturated heterocycles. The molecule has 0 saturated carbocycles. The molecule has 2 nitrogen and oxygen atoms in total. The van der Waals surface area contributed by atoms with Crippen LogP contribution in [0.5, 0.6) is 0 Å². The Hall–Kier alpha value is -0.870. The Morgan fingerprint density at radius 1 is 1.06 bits per heavy atom. The number of nitrogens with zero attached hydrogens (tertiary/aromatic N) is 2. The third-order valence-corrected chi connectivity index (χ3v) is 3.86. The highest BCUT2D eigenvalue weighted by Crippen LogP contribution is 2.25. The molecular formula is C13H12Br2N2. The van der Waals surface area contributed by atoms with Crippen molar-refractivity contribution in [1.82, 2.24) is 4.98 Å². The molecule has 1 aromatic heterocycles. The van der Waals surface area contributed by atoms with Gasteiger partial charge in [-0.3, -0.25) is 0 Å². The molecule has 1 heterocycles. The maximum Gasteiger partial charge on any atom is 0.142 e. The van der Waals surface area contributed by atoms with Gasteiger partial charge in [-0.15, -0.1) is 0 Å². The summed E-state index contributed by atoms with van der Waals surface area (Å²) in [6.07, 6.45) is 1.80. The quantitative estimate of drug-likeness (QED) is 0.818. The van der Waals surface area contributed by atoms with Gasteiger partial charge in [0.25, 0.3) is 0 Å². The lowest BCUT2D eigenvalue weighted by molar-refractivity contribution is 0.890. The highest BCUT2D eigenvalue weighted by Gasteiger charge is 2.08. The molecule has 0 amide bonds. The first-order valence-corrected chi connectivity index (χ1v) is 6.82. The Balaban J connectivity index is 2.20. The molecule has 0 bridgehead atoms. The zero-order valence-electron chi connectivity index (χ0n) is 9.40. The van der Waals surface area contributed by atoms with Crippen LogP contribution < -0.4 is 4.90 Å². The lowest BCUT2D eigenvalue weighted by Gasteiger charge is -2.20. The number of halogens is 2. The molecule has 88 valence electrons. The predicted molar refractivity (Wildman–Crippen MR) is 78.2 cm³/mol. The summed E-state index contributed by atoms with van der Waals surface area (Å²) in [5.41, 5.74) is 1.24. The van der Waals surface area contributed by atoms with Gasteiger partial charge in [0.1, 0.15) is 5.82 Å². The topological polar surface area (TPSA) is 16.1 Å². The molecule has 17 heavy (non-hydrogen) atoms. The van der Waals surface area contributed by atoms with Gasteiger partial charge in [-0.1, -0.05) is 34.1 Å². The molecule has 0 aliphatic heterocycles. The lowest BCUT2D eigenvalue weighted by Crippen LogP contribution is -2.18. The first-order valence-electron chi connectivity index (χ1n) is 5.23. The molecule has 2 rings (SSSR count). The standard InChI is InChI=1S/C13H12Br2N2/c1-17(13-12(15)7-4-8-16-13)9-10-5-2-3-6-11(10)14/h2-8H,9H2,1H3. The molecule has 1 aromatic carbocycles. The van der Waals surface area contributed by atoms with Crippen LogP contribution in [-0.2, 0) is 6.54 Å². The maximum absolute atomic E-state index is 4.37. The van der Waals surface area contributed by atoms with Gasteiger partial charge in [0.2, 0.25) is 0 Å². The van der Waals surface area contributed by atoms with E-state index in [0.717, 1.165) is 21.3 Å². The van der Waals surface area contributed by atoms with E-state index in [1.165, 1.54) is 5.56 Å². The molecule has 0 aliphatic rings. The second-order valence-corrected chi connectivity index (χ2v) is 5.46. The molecule has 0 atom stereocenters. The van der Waals surface area contributed by atoms with Gasteiger partial charge < -0.3 is 4.90 Å². The summed E-state index contributed by atoms with van der Waals surface area (Å²) in [5.74, 6) is 0.947. The summed E-state index contributed by atoms with van der Waals surface area (Å²) in [6, 6.07) is 12.1. The summed E-state index contributed by atoms with van der Waals surface area (Å²) in [6.45, 7) is 0.817. The van der Waals surface area contributed by atoms with Gasteiger partial charge in [-0.2, -0.15) is 0 Å². The van der Waals surface area contributed by atoms with Crippen LogP contribution in [0.2, 0.25) is 0 Å². The van der Waals surface area contributed by atoms with Crippen LogP contribution >= 0.6 is 31.9 Å². The molecule has 0 spiro atoms. The Bertz CT molecular complexity index is 514. The Morgan fingerprint density at radius 2 is 1.76 bits per heavy atom. The van der Waals surface area contributed by atoms with E-state index in [0.29, 0.717) is 0 Å². The smallest absolute Gasteiger partial charge is 0.142 e. The molecule has 0 unspecified atom stereocenters. The minimum absolute atomic E-state index is 0.817. The van der Waals surface area contributed by atoms with Crippen molar-refractivity contribution in [3.05, 3.63) is 57.1 Å². The Morgan fingerprint density at radius 3 is 2.47 bits per heavy atom. The SMILES string of the molecule is CN(Cc1ccccc1Br)c1ncccc1Br. The third-order valence-electron chi connectivity index (χ3n) is 2.47. The number of rotatable bonds is 3. The third kappa shape index (κ3) is 3.07. The van der Waals surface area contributed by atoms with Gasteiger partial charge in [-0.05, 0) is 39.7 Å². The van der Waals surface area contributed by atoms with Crippen LogP contribution in [-0.4, -0.2) is 12.0 Å². The van der Waals surface area contributed by atoms with E-state index in [-0.39, 0.29) is 0 Å². The zero-order chi connectivity index (χ0) is 12.3. The van der Waals surface area contributed by atoms with Gasteiger partial charge in [0, 0.05) is 24.3 Å². The van der Waals surface area contributed by atoms with Crippen molar-refractivity contribution in [1.29, 1.82) is 0 Å². The number of hydrogen-bond donors (Lipinski definition) is 0. The van der Waals surface area contributed by atoms with Gasteiger partial charge in [-0.25, -0.2) is 4.98 Å². The van der Waals surface area contributed by atoms with Gasteiger partial charge in [0.05, 0.1) is 4.47 Å². The molecule has 0 radical (unpaired) electrons. The van der Waals surface area contributed by atoms with Crippen LogP contribution in [0.15, 0.2) is 51.5 Å². The van der Waals surface area contributed by atoms with Crippen molar-refractivity contribution in [2.45, 2.75) is 6.54 Å². The van der Waals surface area contributed by atoms with Crippen molar-refractivity contribution < 1.29 is 0 Å². The number of aromatic nitrogens is 1. The van der Waals surface area contributed by atoms with Gasteiger partial charge in [0.15, 0.2) is 0 Å². The summed E-state index contributed by atoms with van der Waals surface area (Å²) >= 11 is 7.07. The van der Waals surface area contributed by atoms with Crippen molar-refractivity contribution in [2.24, 2.45) is 0 Å². The summed E-state index contributed by atoms with van der Waals surface area (Å²) in [5, 5.41) is 0. The fraction of sp³-hybridized carbons (Fsp3) is 0.154. The van der Waals surface area contributed by atoms with E-state index in [1.54, 1.807) is 6.20 Å². The lowest BCUT2D eigenvalue weighted by atomic mass is 10.2. The van der Waals surface area contributed by atoms with E-state index in [1.807, 2.05) is 31.3 Å². The van der Waals surface area contributed by atoms with E-state index >= 15 is 0 Å². The monoisotopic (exact) mass is 354 g/mol. The molecule has 2 aromatic rings. The first-order chi connectivity index (χ1) is 8.18. The van der Waals surface area contributed by atoms with E-state index in [9.17, 15) is 0 Å². The summed E-state index contributed by atoms with van der Waals surface area (Å²) in [4.78, 5) is 6.48. The number of pyridine rings is 1. The highest BCUT2D eigenvalue weighted by molar-refractivity contribution is 9.10. The maximum atomic E-state index is 4.37. The Kier molecular flexibility index (Phi) is 4.18. The zero-order valence-corrected chi connectivity index (χ0v) is 12.6. The van der Waals surface area contributed by atoms with Crippen LogP contribution in [0, 0.1) is 0 Å². The van der Waals surface area contributed by atoms with Crippen LogP contribution in [0.3, 0.4) is 0 Å². The summed E-state index contributed by atoms with van der Waals surface area (Å²) in [7, 11) is 2.03. The first kappa shape index (κ1) is 12.6. The molecular weight excluding hydrogens is 344 g/mol. The second kappa shape index (κ2) is 5.65. The average molecular weight is 356 g/mol. The van der Waals surface area contributed by atoms with Crippen LogP contribution in [0.25, 0.3) is 0 Å². The van der Waals surface area contributed by atoms with Crippen LogP contribution in [0.4, 0.5) is 5.82 Å². The van der Waals surface area contributed by atoms with Crippen molar-refractivity contribution >= 4 is 37.7 Å². The normalized spacial score (nSPS) is 10.3. The largest absolute Gasteiger partial charge is 0.354 e. The molecule has 4 heteroatoms. The number of benzene rings is 1. The fourth-order valence-corrected chi connectivity index (χ4v) is 2.58. The molecule has 0 fully saturated rings. The average Bonchev–Trinajstić information content (AvgIpc) is 2.32. The van der Waals surface area contributed by atoms with Crippen molar-refractivity contribution in [3.8, 4) is 0 Å². The van der Waals surface area contributed by atoms with Crippen molar-refractivity contribution in [3.63, 3.8) is 0 Å². The second-order valence-electron chi connectivity index (χ2n) is 3.76. The minimum atomic E-state index is 0.817. The summed E-state index contributed by atoms with van der Waals surface area (Å²) < 4.78 is 2.13. The van der Waals surface area contributed by atoms with E-state index in [2.05, 4.69) is 53.9 Å². The highest BCUT2D eigenvalue weighted by atomic mass is 79.9. The van der Waals surface area contributed by atoms with E-state index < -0.39 is 0 Å². The van der Waals surface area contributed by atoms with Gasteiger partial charge >= 0.3 is 0 Å². The fourth-order valence-electron chi connectivity index (χ4n) is 1.62. The van der Waals surface area contributed by atoms with Crippen molar-refractivity contribution in [2.75, 3.05) is 11.9 Å². The van der Waals surface area contributed by atoms with E-state index in [4.69, 9.17) is 0 Å². The molecule has 0 N–H and O–H groups in total. The number of anilines is 1. The van der Waals surface area contributed by atoms with Crippen LogP contribution in [0.1, 0.15) is 5.56 Å². The number of hydrogen-bond acceptors (Lipinski definition) is 2. The minimum Gasteiger partial charge on any atom is -0.354 e. The predicted octanol–water partition coefficient (Wildman–Crippen LogP) is 4.24.